The van der Waals surface area contributed by atoms with E-state index in [1.807, 2.05) is 18.2 Å². The van der Waals surface area contributed by atoms with Gasteiger partial charge in [-0.15, -0.1) is 0 Å². The fourth-order valence-electron chi connectivity index (χ4n) is 4.06. The first-order chi connectivity index (χ1) is 13.1. The van der Waals surface area contributed by atoms with Crippen LogP contribution >= 0.6 is 11.6 Å². The van der Waals surface area contributed by atoms with Crippen LogP contribution in [-0.4, -0.2) is 26.5 Å². The summed E-state index contributed by atoms with van der Waals surface area (Å²) in [5, 5.41) is 12.1. The number of hydrogen-bond acceptors (Lipinski definition) is 4. The lowest BCUT2D eigenvalue weighted by atomic mass is 9.68. The molecule has 0 bridgehead atoms. The Morgan fingerprint density at radius 3 is 2.74 bits per heavy atom. The number of benzene rings is 1. The minimum Gasteiger partial charge on any atom is -0.330 e. The Bertz CT molecular complexity index is 974. The summed E-state index contributed by atoms with van der Waals surface area (Å²) in [5.41, 5.74) is 8.82. The number of aromatic amines is 1. The maximum atomic E-state index is 12.4. The van der Waals surface area contributed by atoms with Gasteiger partial charge in [-0.05, 0) is 49.4 Å². The van der Waals surface area contributed by atoms with Crippen molar-refractivity contribution >= 4 is 11.6 Å². The fourth-order valence-corrected chi connectivity index (χ4v) is 4.25. The zero-order valence-electron chi connectivity index (χ0n) is 14.9. The van der Waals surface area contributed by atoms with Crippen LogP contribution in [0.1, 0.15) is 37.3 Å². The Hall–Kier alpha value is -2.44. The fraction of sp³-hybridized carbons (Fsp3) is 0.350. The molecule has 1 fully saturated rings. The highest BCUT2D eigenvalue weighted by Gasteiger charge is 2.37. The average Bonchev–Trinajstić information content (AvgIpc) is 3.23. The van der Waals surface area contributed by atoms with Gasteiger partial charge in [0.05, 0.1) is 17.9 Å². The minimum absolute atomic E-state index is 0.0724. The summed E-state index contributed by atoms with van der Waals surface area (Å²) < 4.78 is 1.63. The topological polar surface area (TPSA) is 89.6 Å². The molecule has 3 N–H and O–H groups in total. The highest BCUT2D eigenvalue weighted by Crippen LogP contribution is 2.42. The van der Waals surface area contributed by atoms with E-state index in [1.165, 1.54) is 5.56 Å². The van der Waals surface area contributed by atoms with Crippen LogP contribution in [0.5, 0.6) is 0 Å². The van der Waals surface area contributed by atoms with Crippen molar-refractivity contribution in [2.24, 2.45) is 5.73 Å². The molecule has 0 saturated heterocycles. The first-order valence-electron chi connectivity index (χ1n) is 9.16. The molecule has 2 aromatic heterocycles. The van der Waals surface area contributed by atoms with Crippen molar-refractivity contribution in [3.8, 4) is 11.3 Å². The van der Waals surface area contributed by atoms with Gasteiger partial charge in [-0.2, -0.15) is 10.2 Å². The van der Waals surface area contributed by atoms with E-state index in [1.54, 1.807) is 29.2 Å². The van der Waals surface area contributed by atoms with E-state index < -0.39 is 0 Å². The van der Waals surface area contributed by atoms with Crippen LogP contribution in [0.3, 0.4) is 0 Å². The summed E-state index contributed by atoms with van der Waals surface area (Å²) in [6, 6.07) is 11.4. The molecule has 1 aromatic carbocycles. The Morgan fingerprint density at radius 2 is 2.07 bits per heavy atom. The number of nitrogens with zero attached hydrogens (tertiary/aromatic N) is 3. The van der Waals surface area contributed by atoms with Gasteiger partial charge in [-0.1, -0.05) is 23.7 Å². The summed E-state index contributed by atoms with van der Waals surface area (Å²) in [6.07, 6.45) is 6.99. The zero-order chi connectivity index (χ0) is 18.9. The van der Waals surface area contributed by atoms with Crippen molar-refractivity contribution in [3.05, 3.63) is 69.7 Å². The molecule has 6 nitrogen and oxygen atoms in total. The second-order valence-corrected chi connectivity index (χ2v) is 7.65. The molecule has 0 spiro atoms. The maximum Gasteiger partial charge on any atom is 0.267 e. The molecule has 0 amide bonds. The predicted octanol–water partition coefficient (Wildman–Crippen LogP) is 3.30. The molecule has 1 aliphatic rings. The second kappa shape index (κ2) is 7.29. The highest BCUT2D eigenvalue weighted by atomic mass is 35.5. The summed E-state index contributed by atoms with van der Waals surface area (Å²) in [7, 11) is 0. The number of hydrogen-bond donors (Lipinski definition) is 2. The maximum absolute atomic E-state index is 12.4. The van der Waals surface area contributed by atoms with Gasteiger partial charge in [0.15, 0.2) is 0 Å². The van der Waals surface area contributed by atoms with Crippen molar-refractivity contribution < 1.29 is 0 Å². The van der Waals surface area contributed by atoms with Crippen molar-refractivity contribution in [3.63, 3.8) is 0 Å². The van der Waals surface area contributed by atoms with Crippen molar-refractivity contribution in [1.82, 2.24) is 20.0 Å². The van der Waals surface area contributed by atoms with Crippen LogP contribution in [0.25, 0.3) is 11.3 Å². The van der Waals surface area contributed by atoms with Crippen molar-refractivity contribution in [2.75, 3.05) is 6.54 Å². The Kier molecular flexibility index (Phi) is 4.85. The lowest BCUT2D eigenvalue weighted by Crippen LogP contribution is -2.41. The number of nitrogens with one attached hydrogen (secondary N) is 1. The normalized spacial score (nSPS) is 22.7. The van der Waals surface area contributed by atoms with E-state index in [2.05, 4.69) is 21.4 Å². The van der Waals surface area contributed by atoms with Crippen LogP contribution in [0.2, 0.25) is 5.02 Å². The lowest BCUT2D eigenvalue weighted by molar-refractivity contribution is 0.222. The van der Waals surface area contributed by atoms with Gasteiger partial charge >= 0.3 is 0 Å². The van der Waals surface area contributed by atoms with Crippen LogP contribution in [-0.2, 0) is 5.41 Å². The smallest absolute Gasteiger partial charge is 0.267 e. The van der Waals surface area contributed by atoms with E-state index in [-0.39, 0.29) is 17.0 Å². The summed E-state index contributed by atoms with van der Waals surface area (Å²) >= 11 is 6.19. The molecule has 3 aromatic rings. The number of halogens is 1. The van der Waals surface area contributed by atoms with Crippen LogP contribution in [0.15, 0.2) is 53.6 Å². The SMILES string of the molecule is NCC1(c2cccc(Cl)c2)CCC(n2nc(-c3cn[nH]c3)ccc2=O)CC1. The third kappa shape index (κ3) is 3.42. The highest BCUT2D eigenvalue weighted by molar-refractivity contribution is 6.30. The van der Waals surface area contributed by atoms with Gasteiger partial charge in [0.25, 0.3) is 5.56 Å². The lowest BCUT2D eigenvalue weighted by Gasteiger charge is -2.40. The molecule has 7 heteroatoms. The quantitative estimate of drug-likeness (QED) is 0.723. The van der Waals surface area contributed by atoms with Gasteiger partial charge in [-0.3, -0.25) is 9.89 Å². The van der Waals surface area contributed by atoms with Gasteiger partial charge in [0.2, 0.25) is 0 Å². The van der Waals surface area contributed by atoms with Gasteiger partial charge < -0.3 is 5.73 Å². The molecule has 0 atom stereocenters. The van der Waals surface area contributed by atoms with Crippen molar-refractivity contribution in [2.45, 2.75) is 37.1 Å². The summed E-state index contributed by atoms with van der Waals surface area (Å²) in [5.74, 6) is 0. The summed E-state index contributed by atoms with van der Waals surface area (Å²) in [6.45, 7) is 0.567. The largest absolute Gasteiger partial charge is 0.330 e. The van der Waals surface area contributed by atoms with Crippen LogP contribution in [0.4, 0.5) is 0 Å². The van der Waals surface area contributed by atoms with Crippen molar-refractivity contribution in [1.29, 1.82) is 0 Å². The molecule has 4 rings (SSSR count). The second-order valence-electron chi connectivity index (χ2n) is 7.21. The zero-order valence-corrected chi connectivity index (χ0v) is 15.7. The average molecular weight is 384 g/mol. The predicted molar refractivity (Wildman–Crippen MR) is 106 cm³/mol. The van der Waals surface area contributed by atoms with Crippen LogP contribution < -0.4 is 11.3 Å². The third-order valence-electron chi connectivity index (χ3n) is 5.70. The molecule has 140 valence electrons. The number of rotatable bonds is 4. The minimum atomic E-state index is -0.0901. The van der Waals surface area contributed by atoms with E-state index in [9.17, 15) is 4.79 Å². The standard InChI is InChI=1S/C20H22ClN5O/c21-16-3-1-2-15(10-16)20(13-22)8-6-17(7-9-20)26-19(27)5-4-18(25-26)14-11-23-24-12-14/h1-5,10-12,17H,6-9,13,22H2,(H,23,24). The van der Waals surface area contributed by atoms with E-state index >= 15 is 0 Å². The molecule has 1 aliphatic carbocycles. The van der Waals surface area contributed by atoms with E-state index in [0.717, 1.165) is 42.0 Å². The van der Waals surface area contributed by atoms with Gasteiger partial charge in [0.1, 0.15) is 0 Å². The molecule has 2 heterocycles. The Balaban J connectivity index is 1.59. The summed E-state index contributed by atoms with van der Waals surface area (Å²) in [4.78, 5) is 12.4. The first-order valence-corrected chi connectivity index (χ1v) is 9.54. The van der Waals surface area contributed by atoms with Gasteiger partial charge in [-0.25, -0.2) is 4.68 Å². The number of aromatic nitrogens is 4. The Labute approximate surface area is 162 Å². The molecule has 0 radical (unpaired) electrons. The monoisotopic (exact) mass is 383 g/mol. The molecule has 0 unspecified atom stereocenters. The Morgan fingerprint density at radius 1 is 1.26 bits per heavy atom. The molecule has 27 heavy (non-hydrogen) atoms. The van der Waals surface area contributed by atoms with E-state index in [4.69, 9.17) is 17.3 Å². The van der Waals surface area contributed by atoms with Crippen LogP contribution in [0, 0.1) is 0 Å². The molecular weight excluding hydrogens is 362 g/mol. The third-order valence-corrected chi connectivity index (χ3v) is 5.94. The van der Waals surface area contributed by atoms with Gasteiger partial charge in [0, 0.05) is 34.8 Å². The molecule has 0 aliphatic heterocycles. The number of nitrogens with two attached hydrogens (primary N) is 1. The molecule has 1 saturated carbocycles. The first kappa shape index (κ1) is 17.9. The number of H-pyrrole nitrogens is 1. The van der Waals surface area contributed by atoms with E-state index in [0.29, 0.717) is 6.54 Å². The molecular formula is C20H22ClN5O.